The maximum Gasteiger partial charge on any atom is 0.306 e. The lowest BCUT2D eigenvalue weighted by molar-refractivity contribution is -0.142. The van der Waals surface area contributed by atoms with Gasteiger partial charge in [-0.15, -0.1) is 0 Å². The van der Waals surface area contributed by atoms with Crippen LogP contribution >= 0.6 is 0 Å². The molecule has 1 fully saturated rings. The molecule has 0 spiro atoms. The van der Waals surface area contributed by atoms with Gasteiger partial charge in [0.2, 0.25) is 11.8 Å². The predicted molar refractivity (Wildman–Crippen MR) is 92.5 cm³/mol. The van der Waals surface area contributed by atoms with E-state index in [1.807, 2.05) is 4.90 Å². The first-order valence-corrected chi connectivity index (χ1v) is 9.27. The molecule has 6 nitrogen and oxygen atoms in total. The van der Waals surface area contributed by atoms with Crippen LogP contribution in [-0.4, -0.2) is 46.9 Å². The van der Waals surface area contributed by atoms with Gasteiger partial charge in [0.05, 0.1) is 5.92 Å². The van der Waals surface area contributed by atoms with E-state index in [0.717, 1.165) is 38.8 Å². The minimum absolute atomic E-state index is 0.0286. The van der Waals surface area contributed by atoms with Crippen molar-refractivity contribution in [3.8, 4) is 0 Å². The van der Waals surface area contributed by atoms with Gasteiger partial charge in [-0.05, 0) is 44.9 Å². The molecular formula is C18H32N2O4. The second kappa shape index (κ2) is 11.0. The molecule has 1 aliphatic carbocycles. The van der Waals surface area contributed by atoms with E-state index >= 15 is 0 Å². The van der Waals surface area contributed by atoms with E-state index < -0.39 is 5.97 Å². The molecule has 0 saturated heterocycles. The zero-order valence-corrected chi connectivity index (χ0v) is 15.1. The van der Waals surface area contributed by atoms with Crippen LogP contribution in [-0.2, 0) is 14.4 Å². The summed E-state index contributed by atoms with van der Waals surface area (Å²) in [6.07, 6.45) is 5.94. The summed E-state index contributed by atoms with van der Waals surface area (Å²) in [6.45, 7) is 5.68. The Morgan fingerprint density at radius 3 is 2.08 bits per heavy atom. The van der Waals surface area contributed by atoms with E-state index in [-0.39, 0.29) is 23.8 Å². The number of hydrogen-bond acceptors (Lipinski definition) is 3. The molecule has 0 unspecified atom stereocenters. The molecule has 6 heteroatoms. The van der Waals surface area contributed by atoms with Gasteiger partial charge < -0.3 is 15.3 Å². The van der Waals surface area contributed by atoms with Gasteiger partial charge in [0.25, 0.3) is 0 Å². The van der Waals surface area contributed by atoms with Crippen LogP contribution in [0.25, 0.3) is 0 Å². The summed E-state index contributed by atoms with van der Waals surface area (Å²) in [5.41, 5.74) is 0. The average molecular weight is 340 g/mol. The third-order valence-electron chi connectivity index (χ3n) is 4.58. The fraction of sp³-hybridized carbons (Fsp3) is 0.833. The van der Waals surface area contributed by atoms with E-state index in [9.17, 15) is 14.4 Å². The second-order valence-corrected chi connectivity index (χ2v) is 6.69. The Morgan fingerprint density at radius 1 is 1.00 bits per heavy atom. The summed E-state index contributed by atoms with van der Waals surface area (Å²) >= 11 is 0. The van der Waals surface area contributed by atoms with Gasteiger partial charge in [0.15, 0.2) is 0 Å². The molecule has 1 aliphatic rings. The highest BCUT2D eigenvalue weighted by Gasteiger charge is 2.26. The lowest BCUT2D eigenvalue weighted by Gasteiger charge is -2.26. The van der Waals surface area contributed by atoms with Crippen LogP contribution in [0, 0.1) is 5.92 Å². The lowest BCUT2D eigenvalue weighted by Crippen LogP contribution is -2.38. The first-order valence-electron chi connectivity index (χ1n) is 9.27. The molecule has 0 aromatic heterocycles. The van der Waals surface area contributed by atoms with E-state index in [1.165, 1.54) is 0 Å². The van der Waals surface area contributed by atoms with Gasteiger partial charge in [-0.25, -0.2) is 0 Å². The number of carbonyl (C=O) groups excluding carboxylic acids is 2. The van der Waals surface area contributed by atoms with Gasteiger partial charge in [0.1, 0.15) is 0 Å². The number of nitrogens with zero attached hydrogens (tertiary/aromatic N) is 1. The largest absolute Gasteiger partial charge is 0.481 e. The van der Waals surface area contributed by atoms with Crippen LogP contribution in [0.3, 0.4) is 0 Å². The summed E-state index contributed by atoms with van der Waals surface area (Å²) in [7, 11) is 0. The number of amides is 2. The van der Waals surface area contributed by atoms with E-state index in [4.69, 9.17) is 5.11 Å². The smallest absolute Gasteiger partial charge is 0.306 e. The van der Waals surface area contributed by atoms with Gasteiger partial charge >= 0.3 is 5.97 Å². The van der Waals surface area contributed by atoms with E-state index in [0.29, 0.717) is 32.1 Å². The Hall–Kier alpha value is -1.59. The van der Waals surface area contributed by atoms with Crippen molar-refractivity contribution in [2.75, 3.05) is 13.1 Å². The van der Waals surface area contributed by atoms with Crippen LogP contribution in [0.15, 0.2) is 0 Å². The first-order chi connectivity index (χ1) is 11.5. The van der Waals surface area contributed by atoms with E-state index in [2.05, 4.69) is 19.2 Å². The number of carbonyl (C=O) groups is 3. The Bertz CT molecular complexity index is 411. The second-order valence-electron chi connectivity index (χ2n) is 6.69. The molecule has 0 aromatic carbocycles. The normalized spacial score (nSPS) is 20.4. The summed E-state index contributed by atoms with van der Waals surface area (Å²) in [6, 6.07) is 0.0838. The molecule has 138 valence electrons. The third-order valence-corrected chi connectivity index (χ3v) is 4.58. The summed E-state index contributed by atoms with van der Waals surface area (Å²) in [5, 5.41) is 11.9. The molecular weight excluding hydrogens is 308 g/mol. The Morgan fingerprint density at radius 2 is 1.58 bits per heavy atom. The van der Waals surface area contributed by atoms with Crippen molar-refractivity contribution < 1.29 is 19.5 Å². The summed E-state index contributed by atoms with van der Waals surface area (Å²) in [4.78, 5) is 36.9. The van der Waals surface area contributed by atoms with Crippen LogP contribution in [0.1, 0.15) is 71.6 Å². The molecule has 0 heterocycles. The van der Waals surface area contributed by atoms with Crippen LogP contribution in [0.2, 0.25) is 0 Å². The van der Waals surface area contributed by atoms with Gasteiger partial charge in [-0.2, -0.15) is 0 Å². The predicted octanol–water partition coefficient (Wildman–Crippen LogP) is 2.56. The number of hydrogen-bond donors (Lipinski definition) is 2. The molecule has 2 amide bonds. The minimum atomic E-state index is -0.734. The number of aliphatic carboxylic acids is 1. The summed E-state index contributed by atoms with van der Waals surface area (Å²) < 4.78 is 0. The monoisotopic (exact) mass is 340 g/mol. The highest BCUT2D eigenvalue weighted by molar-refractivity contribution is 5.79. The maximum absolute atomic E-state index is 12.1. The van der Waals surface area contributed by atoms with Crippen molar-refractivity contribution >= 4 is 17.8 Å². The minimum Gasteiger partial charge on any atom is -0.481 e. The van der Waals surface area contributed by atoms with Crippen LogP contribution in [0.5, 0.6) is 0 Å². The fourth-order valence-electron chi connectivity index (χ4n) is 3.24. The number of rotatable bonds is 10. The summed E-state index contributed by atoms with van der Waals surface area (Å²) in [5.74, 6) is -0.895. The standard InChI is InChI=1S/C18H32N2O4/c1-3-12-20(13-4-2)17(22)7-5-6-16(21)19-15-10-8-14(9-11-15)18(23)24/h14-15H,3-13H2,1-2H3,(H,19,21)(H,23,24). The highest BCUT2D eigenvalue weighted by Crippen LogP contribution is 2.24. The van der Waals surface area contributed by atoms with Crippen molar-refractivity contribution in [3.05, 3.63) is 0 Å². The van der Waals surface area contributed by atoms with Crippen molar-refractivity contribution in [3.63, 3.8) is 0 Å². The van der Waals surface area contributed by atoms with Gasteiger partial charge in [-0.1, -0.05) is 13.8 Å². The number of nitrogens with one attached hydrogen (secondary N) is 1. The quantitative estimate of drug-likeness (QED) is 0.640. The topological polar surface area (TPSA) is 86.7 Å². The van der Waals surface area contributed by atoms with Crippen molar-refractivity contribution in [2.45, 2.75) is 77.7 Å². The van der Waals surface area contributed by atoms with Gasteiger partial charge in [-0.3, -0.25) is 14.4 Å². The maximum atomic E-state index is 12.1. The fourth-order valence-corrected chi connectivity index (χ4v) is 3.24. The van der Waals surface area contributed by atoms with Crippen molar-refractivity contribution in [1.29, 1.82) is 0 Å². The number of carboxylic acid groups (broad SMARTS) is 1. The Balaban J connectivity index is 2.22. The molecule has 1 saturated carbocycles. The van der Waals surface area contributed by atoms with Crippen LogP contribution < -0.4 is 5.32 Å². The average Bonchev–Trinajstić information content (AvgIpc) is 2.55. The molecule has 1 rings (SSSR count). The zero-order chi connectivity index (χ0) is 17.9. The molecule has 0 bridgehead atoms. The van der Waals surface area contributed by atoms with Crippen LogP contribution in [0.4, 0.5) is 0 Å². The Kier molecular flexibility index (Phi) is 9.42. The van der Waals surface area contributed by atoms with Crippen molar-refractivity contribution in [2.24, 2.45) is 5.92 Å². The molecule has 0 atom stereocenters. The zero-order valence-electron chi connectivity index (χ0n) is 15.1. The molecule has 24 heavy (non-hydrogen) atoms. The molecule has 0 radical (unpaired) electrons. The van der Waals surface area contributed by atoms with Gasteiger partial charge in [0, 0.05) is 32.0 Å². The molecule has 0 aromatic rings. The van der Waals surface area contributed by atoms with E-state index in [1.54, 1.807) is 0 Å². The SMILES string of the molecule is CCCN(CCC)C(=O)CCCC(=O)NC1CCC(C(=O)O)CC1. The van der Waals surface area contributed by atoms with Crippen molar-refractivity contribution in [1.82, 2.24) is 10.2 Å². The molecule has 2 N–H and O–H groups in total. The number of carboxylic acids is 1. The Labute approximate surface area is 145 Å². The lowest BCUT2D eigenvalue weighted by atomic mass is 9.86. The third kappa shape index (κ3) is 7.32. The molecule has 0 aliphatic heterocycles. The highest BCUT2D eigenvalue weighted by atomic mass is 16.4. The first kappa shape index (κ1) is 20.5.